The summed E-state index contributed by atoms with van der Waals surface area (Å²) in [6.45, 7) is 6.05. The van der Waals surface area contributed by atoms with Crippen LogP contribution >= 0.6 is 11.3 Å². The topological polar surface area (TPSA) is 51.8 Å². The minimum absolute atomic E-state index is 0.673. The van der Waals surface area contributed by atoms with Crippen molar-refractivity contribution in [2.45, 2.75) is 6.92 Å². The monoisotopic (exact) mass is 849 g/mol. The van der Waals surface area contributed by atoms with Crippen LogP contribution in [0.25, 0.3) is 132 Å². The van der Waals surface area contributed by atoms with Crippen LogP contribution in [0.15, 0.2) is 205 Å². The Morgan fingerprint density at radius 2 is 1.15 bits per heavy atom. The van der Waals surface area contributed by atoms with Crippen LogP contribution in [0.1, 0.15) is 18.2 Å². The summed E-state index contributed by atoms with van der Waals surface area (Å²) in [5, 5.41) is 7.10. The molecule has 0 N–H and O–H groups in total. The van der Waals surface area contributed by atoms with Crippen molar-refractivity contribution in [3.05, 3.63) is 212 Å². The number of pyridine rings is 1. The molecule has 4 nitrogen and oxygen atoms in total. The largest absolute Gasteiger partial charge is 0.455 e. The van der Waals surface area contributed by atoms with E-state index in [1.807, 2.05) is 54.7 Å². The SMILES string of the molecule is C=Cc1c(/C=C\C)oc2c(-c3ccc(-c4cc(-c5cccc(-c6ccc7nc(-c8cccc9ccccc89)c8sc9ccccc9c8c7c6)c5)nc(-c5ccccc5)n4)cc3)cccc12. The average molecular weight is 850 g/mol. The number of benzene rings is 8. The van der Waals surface area contributed by atoms with Crippen molar-refractivity contribution < 1.29 is 4.42 Å². The normalized spacial score (nSPS) is 11.8. The predicted octanol–water partition coefficient (Wildman–Crippen LogP) is 17.0. The lowest BCUT2D eigenvalue weighted by molar-refractivity contribution is 0.604. The van der Waals surface area contributed by atoms with Gasteiger partial charge in [-0.05, 0) is 70.8 Å². The highest BCUT2D eigenvalue weighted by molar-refractivity contribution is 7.26. The smallest absolute Gasteiger partial charge is 0.160 e. The Kier molecular flexibility index (Phi) is 9.36. The number of fused-ring (bicyclic) bond motifs is 7. The minimum atomic E-state index is 0.673. The molecule has 0 saturated carbocycles. The second kappa shape index (κ2) is 15.8. The number of furan rings is 1. The summed E-state index contributed by atoms with van der Waals surface area (Å²) in [5.41, 5.74) is 14.0. The van der Waals surface area contributed by atoms with Crippen LogP contribution in [-0.2, 0) is 0 Å². The van der Waals surface area contributed by atoms with Gasteiger partial charge >= 0.3 is 0 Å². The van der Waals surface area contributed by atoms with E-state index >= 15 is 0 Å². The third-order valence-corrected chi connectivity index (χ3v) is 13.6. The van der Waals surface area contributed by atoms with Crippen molar-refractivity contribution in [3.8, 4) is 67.4 Å². The standard InChI is InChI=1S/C60H39N3OS/c1-3-15-54-44(4-2)48-26-14-24-46(58(48)64-54)38-28-30-39(31-29-38)52-36-53(63-60(62-52)40-17-6-5-7-18-40)43-21-12-20-41(34-43)42-32-33-51-50(35-42)56-49-23-10-11-27-55(49)65-59(56)57(61-51)47-25-13-19-37-16-8-9-22-45(37)47/h3-36H,2H2,1H3/b15-3-. The summed E-state index contributed by atoms with van der Waals surface area (Å²) < 4.78 is 8.87. The van der Waals surface area contributed by atoms with Crippen molar-refractivity contribution >= 4 is 76.3 Å². The Hall–Kier alpha value is -8.25. The second-order valence-corrected chi connectivity index (χ2v) is 17.3. The molecule has 0 fully saturated rings. The van der Waals surface area contributed by atoms with Gasteiger partial charge in [-0.15, -0.1) is 11.3 Å². The van der Waals surface area contributed by atoms with Gasteiger partial charge in [0, 0.05) is 59.6 Å². The molecule has 65 heavy (non-hydrogen) atoms. The van der Waals surface area contributed by atoms with Crippen LogP contribution in [0.3, 0.4) is 0 Å². The highest BCUT2D eigenvalue weighted by atomic mass is 32.1. The molecule has 306 valence electrons. The Bertz CT molecular complexity index is 3850. The molecule has 5 heteroatoms. The maximum atomic E-state index is 6.41. The lowest BCUT2D eigenvalue weighted by Gasteiger charge is -2.12. The highest BCUT2D eigenvalue weighted by Gasteiger charge is 2.19. The molecule has 12 rings (SSSR count). The van der Waals surface area contributed by atoms with Crippen LogP contribution in [0.5, 0.6) is 0 Å². The summed E-state index contributed by atoms with van der Waals surface area (Å²) in [6.07, 6.45) is 5.84. The van der Waals surface area contributed by atoms with E-state index in [9.17, 15) is 0 Å². The molecule has 0 atom stereocenters. The van der Waals surface area contributed by atoms with E-state index in [0.717, 1.165) is 94.8 Å². The first-order valence-electron chi connectivity index (χ1n) is 21.8. The molecule has 0 amide bonds. The number of hydrogen-bond acceptors (Lipinski definition) is 5. The number of hydrogen-bond donors (Lipinski definition) is 0. The molecule has 0 aliphatic rings. The fourth-order valence-corrected chi connectivity index (χ4v) is 10.5. The van der Waals surface area contributed by atoms with Gasteiger partial charge in [0.2, 0.25) is 0 Å². The van der Waals surface area contributed by atoms with Gasteiger partial charge in [-0.1, -0.05) is 176 Å². The van der Waals surface area contributed by atoms with E-state index in [1.54, 1.807) is 0 Å². The Balaban J connectivity index is 0.962. The van der Waals surface area contributed by atoms with Crippen molar-refractivity contribution in [2.24, 2.45) is 0 Å². The minimum Gasteiger partial charge on any atom is -0.455 e. The Morgan fingerprint density at radius 1 is 0.508 bits per heavy atom. The van der Waals surface area contributed by atoms with Gasteiger partial charge in [-0.3, -0.25) is 0 Å². The molecule has 4 aromatic heterocycles. The van der Waals surface area contributed by atoms with Crippen molar-refractivity contribution in [3.63, 3.8) is 0 Å². The van der Waals surface area contributed by atoms with Crippen LogP contribution < -0.4 is 0 Å². The van der Waals surface area contributed by atoms with Crippen molar-refractivity contribution in [1.29, 1.82) is 0 Å². The van der Waals surface area contributed by atoms with Gasteiger partial charge in [0.15, 0.2) is 5.82 Å². The number of para-hydroxylation sites is 1. The second-order valence-electron chi connectivity index (χ2n) is 16.3. The lowest BCUT2D eigenvalue weighted by atomic mass is 9.96. The quantitative estimate of drug-likeness (QED) is 0.153. The fourth-order valence-electron chi connectivity index (χ4n) is 9.29. The summed E-state index contributed by atoms with van der Waals surface area (Å²) in [4.78, 5) is 15.8. The zero-order chi connectivity index (χ0) is 43.4. The molecule has 0 bridgehead atoms. The number of rotatable bonds is 8. The summed E-state index contributed by atoms with van der Waals surface area (Å²) in [7, 11) is 0. The highest BCUT2D eigenvalue weighted by Crippen LogP contribution is 2.45. The Labute approximate surface area is 380 Å². The van der Waals surface area contributed by atoms with Crippen LogP contribution in [0.2, 0.25) is 0 Å². The van der Waals surface area contributed by atoms with Crippen molar-refractivity contribution in [2.75, 3.05) is 0 Å². The van der Waals surface area contributed by atoms with Gasteiger partial charge < -0.3 is 4.42 Å². The maximum Gasteiger partial charge on any atom is 0.160 e. The molecular formula is C60H39N3OS. The van der Waals surface area contributed by atoms with Gasteiger partial charge in [0.1, 0.15) is 11.3 Å². The lowest BCUT2D eigenvalue weighted by Crippen LogP contribution is -1.96. The van der Waals surface area contributed by atoms with Crippen LogP contribution in [0.4, 0.5) is 0 Å². The molecule has 0 saturated heterocycles. The Morgan fingerprint density at radius 3 is 2.00 bits per heavy atom. The van der Waals surface area contributed by atoms with E-state index in [-0.39, 0.29) is 0 Å². The molecule has 0 unspecified atom stereocenters. The van der Waals surface area contributed by atoms with E-state index in [2.05, 4.69) is 176 Å². The molecule has 0 aliphatic heterocycles. The zero-order valence-corrected chi connectivity index (χ0v) is 36.3. The molecular weight excluding hydrogens is 811 g/mol. The first-order valence-corrected chi connectivity index (χ1v) is 22.6. The molecule has 12 aromatic rings. The van der Waals surface area contributed by atoms with Crippen molar-refractivity contribution in [1.82, 2.24) is 15.0 Å². The van der Waals surface area contributed by atoms with Crippen LogP contribution in [-0.4, -0.2) is 15.0 Å². The van der Waals surface area contributed by atoms with Crippen LogP contribution in [0, 0.1) is 0 Å². The zero-order valence-electron chi connectivity index (χ0n) is 35.5. The number of aromatic nitrogens is 3. The third-order valence-electron chi connectivity index (χ3n) is 12.4. The van der Waals surface area contributed by atoms with Gasteiger partial charge in [-0.2, -0.15) is 0 Å². The average Bonchev–Trinajstić information content (AvgIpc) is 3.95. The molecule has 0 radical (unpaired) electrons. The first kappa shape index (κ1) is 38.4. The van der Waals surface area contributed by atoms with Gasteiger partial charge in [0.05, 0.1) is 27.3 Å². The van der Waals surface area contributed by atoms with E-state index < -0.39 is 0 Å². The van der Waals surface area contributed by atoms with Gasteiger partial charge in [0.25, 0.3) is 0 Å². The van der Waals surface area contributed by atoms with Gasteiger partial charge in [-0.25, -0.2) is 15.0 Å². The maximum absolute atomic E-state index is 6.41. The fraction of sp³-hybridized carbons (Fsp3) is 0.0167. The number of nitrogens with zero attached hydrogens (tertiary/aromatic N) is 3. The number of thiophene rings is 1. The summed E-state index contributed by atoms with van der Waals surface area (Å²) >= 11 is 1.82. The molecule has 8 aromatic carbocycles. The van der Waals surface area contributed by atoms with E-state index in [1.165, 1.54) is 30.9 Å². The van der Waals surface area contributed by atoms with E-state index in [0.29, 0.717) is 5.82 Å². The molecule has 0 aliphatic carbocycles. The van der Waals surface area contributed by atoms with E-state index in [4.69, 9.17) is 19.4 Å². The first-order chi connectivity index (χ1) is 32.1. The predicted molar refractivity (Wildman–Crippen MR) is 275 cm³/mol. The summed E-state index contributed by atoms with van der Waals surface area (Å²) in [6, 6.07) is 66.4. The third kappa shape index (κ3) is 6.64. The number of allylic oxidation sites excluding steroid dienone is 1. The molecule has 4 heterocycles. The summed E-state index contributed by atoms with van der Waals surface area (Å²) in [5.74, 6) is 1.48. The molecule has 0 spiro atoms.